The lowest BCUT2D eigenvalue weighted by Gasteiger charge is -2.07. The molecule has 6 aromatic rings. The summed E-state index contributed by atoms with van der Waals surface area (Å²) in [5, 5.41) is 5.98. The largest absolute Gasteiger partial charge is 0.292 e. The van der Waals surface area contributed by atoms with Crippen molar-refractivity contribution in [1.82, 2.24) is 14.5 Å². The molecular formula is C24H15N3S. The van der Waals surface area contributed by atoms with Crippen LogP contribution in [-0.2, 0) is 0 Å². The highest BCUT2D eigenvalue weighted by Gasteiger charge is 2.16. The second-order valence-electron chi connectivity index (χ2n) is 6.78. The third kappa shape index (κ3) is 2.22. The molecule has 3 heterocycles. The molecule has 3 aromatic heterocycles. The van der Waals surface area contributed by atoms with Crippen LogP contribution in [0.4, 0.5) is 0 Å². The highest BCUT2D eigenvalue weighted by molar-refractivity contribution is 7.18. The molecule has 0 spiro atoms. The fourth-order valence-electron chi connectivity index (χ4n) is 3.92. The Labute approximate surface area is 165 Å². The Bertz CT molecular complexity index is 1440. The van der Waals surface area contributed by atoms with Gasteiger partial charge in [-0.2, -0.15) is 0 Å². The highest BCUT2D eigenvalue weighted by Crippen LogP contribution is 2.38. The smallest absolute Gasteiger partial charge is 0.156 e. The van der Waals surface area contributed by atoms with E-state index in [1.54, 1.807) is 11.3 Å². The first-order valence-corrected chi connectivity index (χ1v) is 10.1. The summed E-state index contributed by atoms with van der Waals surface area (Å²) >= 11 is 1.79. The molecule has 0 saturated carbocycles. The van der Waals surface area contributed by atoms with Crippen molar-refractivity contribution in [2.24, 2.45) is 0 Å². The molecule has 0 aliphatic heterocycles. The Morgan fingerprint density at radius 2 is 1.57 bits per heavy atom. The summed E-state index contributed by atoms with van der Waals surface area (Å²) < 4.78 is 3.53. The molecule has 3 aromatic carbocycles. The van der Waals surface area contributed by atoms with E-state index >= 15 is 0 Å². The molecule has 3 nitrogen and oxygen atoms in total. The molecule has 0 unspecified atom stereocenters. The van der Waals surface area contributed by atoms with E-state index in [2.05, 4.69) is 64.5 Å². The van der Waals surface area contributed by atoms with Crippen molar-refractivity contribution >= 4 is 43.2 Å². The summed E-state index contributed by atoms with van der Waals surface area (Å²) in [5.74, 6) is 0.835. The normalized spacial score (nSPS) is 11.6. The lowest BCUT2D eigenvalue weighted by molar-refractivity contribution is 1.04. The zero-order chi connectivity index (χ0) is 18.5. The van der Waals surface area contributed by atoms with Gasteiger partial charge in [0, 0.05) is 21.0 Å². The third-order valence-electron chi connectivity index (χ3n) is 5.19. The van der Waals surface area contributed by atoms with E-state index in [0.29, 0.717) is 0 Å². The van der Waals surface area contributed by atoms with Gasteiger partial charge in [-0.3, -0.25) is 9.55 Å². The Morgan fingerprint density at radius 3 is 2.43 bits per heavy atom. The minimum Gasteiger partial charge on any atom is -0.292 e. The molecule has 0 saturated heterocycles. The molecule has 0 aliphatic rings. The van der Waals surface area contributed by atoms with Gasteiger partial charge in [-0.05, 0) is 29.0 Å². The maximum absolute atomic E-state index is 4.77. The van der Waals surface area contributed by atoms with Crippen molar-refractivity contribution in [2.45, 2.75) is 0 Å². The number of rotatable bonds is 2. The zero-order valence-electron chi connectivity index (χ0n) is 14.9. The number of fused-ring (bicyclic) bond motifs is 5. The molecule has 28 heavy (non-hydrogen) atoms. The average Bonchev–Trinajstić information content (AvgIpc) is 3.36. The van der Waals surface area contributed by atoms with Crippen molar-refractivity contribution in [1.29, 1.82) is 0 Å². The maximum atomic E-state index is 4.77. The summed E-state index contributed by atoms with van der Waals surface area (Å²) in [6.07, 6.45) is 3.72. The van der Waals surface area contributed by atoms with E-state index in [1.165, 1.54) is 20.9 Å². The lowest BCUT2D eigenvalue weighted by Crippen LogP contribution is -1.98. The first-order valence-electron chi connectivity index (χ1n) is 9.17. The predicted octanol–water partition coefficient (Wildman–Crippen LogP) is 6.46. The summed E-state index contributed by atoms with van der Waals surface area (Å²) in [6, 6.07) is 25.2. The predicted molar refractivity (Wildman–Crippen MR) is 117 cm³/mol. The van der Waals surface area contributed by atoms with Gasteiger partial charge >= 0.3 is 0 Å². The fourth-order valence-corrected chi connectivity index (χ4v) is 4.88. The number of aromatic nitrogens is 3. The van der Waals surface area contributed by atoms with Crippen LogP contribution in [-0.4, -0.2) is 14.5 Å². The van der Waals surface area contributed by atoms with Crippen molar-refractivity contribution < 1.29 is 0 Å². The topological polar surface area (TPSA) is 30.7 Å². The van der Waals surface area contributed by atoms with Gasteiger partial charge in [0.25, 0.3) is 0 Å². The quantitative estimate of drug-likeness (QED) is 0.347. The van der Waals surface area contributed by atoms with Gasteiger partial charge in [0.15, 0.2) is 5.82 Å². The molecule has 0 aliphatic carbocycles. The maximum Gasteiger partial charge on any atom is 0.156 e. The minimum atomic E-state index is 0.835. The summed E-state index contributed by atoms with van der Waals surface area (Å²) in [4.78, 5) is 9.46. The fraction of sp³-hybridized carbons (Fsp3) is 0. The number of hydrogen-bond donors (Lipinski definition) is 0. The zero-order valence-corrected chi connectivity index (χ0v) is 15.7. The monoisotopic (exact) mass is 377 g/mol. The number of thiophene rings is 1. The van der Waals surface area contributed by atoms with Crippen LogP contribution in [0.3, 0.4) is 0 Å². The Kier molecular flexibility index (Phi) is 3.34. The molecule has 0 amide bonds. The molecule has 0 radical (unpaired) electrons. The first kappa shape index (κ1) is 15.5. The average molecular weight is 377 g/mol. The highest BCUT2D eigenvalue weighted by atomic mass is 32.1. The molecule has 4 heteroatoms. The van der Waals surface area contributed by atoms with Gasteiger partial charge in [-0.25, -0.2) is 4.98 Å². The van der Waals surface area contributed by atoms with Crippen LogP contribution in [0.15, 0.2) is 90.6 Å². The molecule has 6 rings (SSSR count). The number of para-hydroxylation sites is 1. The van der Waals surface area contributed by atoms with E-state index in [4.69, 9.17) is 9.97 Å². The molecule has 0 bridgehead atoms. The van der Waals surface area contributed by atoms with E-state index in [-0.39, 0.29) is 0 Å². The van der Waals surface area contributed by atoms with Crippen LogP contribution in [0.1, 0.15) is 0 Å². The molecule has 0 N–H and O–H groups in total. The van der Waals surface area contributed by atoms with Crippen molar-refractivity contribution in [3.05, 3.63) is 90.6 Å². The van der Waals surface area contributed by atoms with E-state index in [1.807, 2.05) is 30.6 Å². The lowest BCUT2D eigenvalue weighted by atomic mass is 10.1. The van der Waals surface area contributed by atoms with Gasteiger partial charge in [-0.15, -0.1) is 11.3 Å². The van der Waals surface area contributed by atoms with E-state index in [0.717, 1.165) is 28.1 Å². The number of nitrogens with zero attached hydrogens (tertiary/aromatic N) is 3. The standard InChI is InChI=1S/C24H15N3S/c1-2-6-16(7-3-1)19-14-26-22(15-25-19)27-20-9-5-4-8-18(20)23-21(27)11-10-17-12-13-28-24(17)23/h1-15H. The van der Waals surface area contributed by atoms with Gasteiger partial charge in [0.05, 0.1) is 29.1 Å². The Hall–Kier alpha value is -3.50. The minimum absolute atomic E-state index is 0.835. The number of hydrogen-bond acceptors (Lipinski definition) is 3. The van der Waals surface area contributed by atoms with Crippen LogP contribution < -0.4 is 0 Å². The van der Waals surface area contributed by atoms with Gasteiger partial charge < -0.3 is 0 Å². The Balaban J connectivity index is 1.63. The van der Waals surface area contributed by atoms with Crippen molar-refractivity contribution in [3.8, 4) is 17.1 Å². The third-order valence-corrected chi connectivity index (χ3v) is 6.14. The first-order chi connectivity index (χ1) is 13.9. The van der Waals surface area contributed by atoms with E-state index < -0.39 is 0 Å². The Morgan fingerprint density at radius 1 is 0.714 bits per heavy atom. The van der Waals surface area contributed by atoms with Crippen LogP contribution in [0.25, 0.3) is 49.0 Å². The van der Waals surface area contributed by atoms with E-state index in [9.17, 15) is 0 Å². The summed E-state index contributed by atoms with van der Waals surface area (Å²) in [6.45, 7) is 0. The van der Waals surface area contributed by atoms with Gasteiger partial charge in [0.2, 0.25) is 0 Å². The number of benzene rings is 3. The van der Waals surface area contributed by atoms with Crippen LogP contribution in [0.5, 0.6) is 0 Å². The molecule has 0 fully saturated rings. The van der Waals surface area contributed by atoms with Crippen LogP contribution in [0.2, 0.25) is 0 Å². The van der Waals surface area contributed by atoms with Crippen LogP contribution >= 0.6 is 11.3 Å². The molecule has 132 valence electrons. The van der Waals surface area contributed by atoms with Crippen molar-refractivity contribution in [3.63, 3.8) is 0 Å². The second-order valence-corrected chi connectivity index (χ2v) is 7.69. The summed E-state index contributed by atoms with van der Waals surface area (Å²) in [7, 11) is 0. The van der Waals surface area contributed by atoms with Crippen LogP contribution in [0, 0.1) is 0 Å². The van der Waals surface area contributed by atoms with Crippen molar-refractivity contribution in [2.75, 3.05) is 0 Å². The summed E-state index contributed by atoms with van der Waals surface area (Å²) in [5.41, 5.74) is 4.27. The SMILES string of the molecule is c1ccc(-c2cnc(-n3c4ccccc4c4c5sccc5ccc43)cn2)cc1. The van der Waals surface area contributed by atoms with Gasteiger partial charge in [0.1, 0.15) is 0 Å². The molecule has 0 atom stereocenters. The van der Waals surface area contributed by atoms with Gasteiger partial charge in [-0.1, -0.05) is 54.6 Å². The molecular weight excluding hydrogens is 362 g/mol. The second kappa shape index (κ2) is 6.01.